The fraction of sp³-hybridized carbons (Fsp3) is 0.632. The second-order valence-corrected chi connectivity index (χ2v) is 7.39. The molecule has 1 aliphatic rings. The van der Waals surface area contributed by atoms with Crippen molar-refractivity contribution in [2.24, 2.45) is 5.92 Å². The van der Waals surface area contributed by atoms with Gasteiger partial charge in [-0.1, -0.05) is 35.7 Å². The molecule has 1 aromatic carbocycles. The van der Waals surface area contributed by atoms with E-state index in [0.717, 1.165) is 42.6 Å². The molecule has 0 amide bonds. The molecule has 1 N–H and O–H groups in total. The first-order valence-electron chi connectivity index (χ1n) is 8.90. The second kappa shape index (κ2) is 9.43. The molecule has 1 atom stereocenters. The Labute approximate surface area is 158 Å². The number of hydrogen-bond donors (Lipinski definition) is 1. The van der Waals surface area contributed by atoms with Crippen molar-refractivity contribution in [1.29, 1.82) is 0 Å². The van der Waals surface area contributed by atoms with Crippen LogP contribution in [0.25, 0.3) is 0 Å². The van der Waals surface area contributed by atoms with Crippen LogP contribution in [0.5, 0.6) is 11.5 Å². The van der Waals surface area contributed by atoms with Gasteiger partial charge in [0, 0.05) is 10.5 Å². The Bertz CT molecular complexity index is 585. The number of aliphatic carboxylic acids is 1. The highest BCUT2D eigenvalue weighted by molar-refractivity contribution is 9.10. The van der Waals surface area contributed by atoms with Crippen molar-refractivity contribution in [3.63, 3.8) is 0 Å². The predicted octanol–water partition coefficient (Wildman–Crippen LogP) is 4.49. The molecule has 1 saturated heterocycles. The van der Waals surface area contributed by atoms with Gasteiger partial charge in [0.05, 0.1) is 20.1 Å². The van der Waals surface area contributed by atoms with Gasteiger partial charge in [-0.2, -0.15) is 0 Å². The summed E-state index contributed by atoms with van der Waals surface area (Å²) < 4.78 is 11.9. The number of nitrogens with zero attached hydrogens (tertiary/aromatic N) is 1. The SMILES string of the molecule is CCCCC(c1cc(OC)c(OC)cc1Br)N1CCC(C(=O)O)CC1. The Morgan fingerprint density at radius 2 is 1.88 bits per heavy atom. The van der Waals surface area contributed by atoms with E-state index in [-0.39, 0.29) is 12.0 Å². The van der Waals surface area contributed by atoms with Crippen molar-refractivity contribution in [3.8, 4) is 11.5 Å². The summed E-state index contributed by atoms with van der Waals surface area (Å²) in [6.07, 6.45) is 4.73. The lowest BCUT2D eigenvalue weighted by molar-refractivity contribution is -0.143. The maximum Gasteiger partial charge on any atom is 0.306 e. The molecule has 140 valence electrons. The number of hydrogen-bond acceptors (Lipinski definition) is 4. The standard InChI is InChI=1S/C19H28BrNO4/c1-4-5-6-16(21-9-7-13(8-10-21)19(22)23)14-11-17(24-2)18(25-3)12-15(14)20/h11-13,16H,4-10H2,1-3H3,(H,22,23). The van der Waals surface area contributed by atoms with Gasteiger partial charge in [0.15, 0.2) is 11.5 Å². The van der Waals surface area contributed by atoms with E-state index in [1.54, 1.807) is 14.2 Å². The van der Waals surface area contributed by atoms with Gasteiger partial charge in [0.2, 0.25) is 0 Å². The Kier molecular flexibility index (Phi) is 7.56. The quantitative estimate of drug-likeness (QED) is 0.679. The van der Waals surface area contributed by atoms with Gasteiger partial charge in [-0.3, -0.25) is 9.69 Å². The van der Waals surface area contributed by atoms with Crippen molar-refractivity contribution in [1.82, 2.24) is 4.90 Å². The monoisotopic (exact) mass is 413 g/mol. The number of carboxylic acids is 1. The highest BCUT2D eigenvalue weighted by Gasteiger charge is 2.30. The Morgan fingerprint density at radius 1 is 1.28 bits per heavy atom. The van der Waals surface area contributed by atoms with Gasteiger partial charge >= 0.3 is 5.97 Å². The number of carboxylic acid groups (broad SMARTS) is 1. The van der Waals surface area contributed by atoms with Crippen LogP contribution in [-0.4, -0.2) is 43.3 Å². The summed E-state index contributed by atoms with van der Waals surface area (Å²) >= 11 is 3.69. The number of rotatable bonds is 8. The van der Waals surface area contributed by atoms with Crippen molar-refractivity contribution >= 4 is 21.9 Å². The van der Waals surface area contributed by atoms with Gasteiger partial charge in [0.1, 0.15) is 0 Å². The molecule has 0 saturated carbocycles. The minimum absolute atomic E-state index is 0.211. The minimum Gasteiger partial charge on any atom is -0.493 e. The van der Waals surface area contributed by atoms with Crippen LogP contribution in [0.1, 0.15) is 50.6 Å². The van der Waals surface area contributed by atoms with Gasteiger partial charge < -0.3 is 14.6 Å². The van der Waals surface area contributed by atoms with Crippen LogP contribution in [0, 0.1) is 5.92 Å². The van der Waals surface area contributed by atoms with E-state index in [9.17, 15) is 9.90 Å². The topological polar surface area (TPSA) is 59.0 Å². The summed E-state index contributed by atoms with van der Waals surface area (Å²) in [7, 11) is 3.28. The van der Waals surface area contributed by atoms with Crippen molar-refractivity contribution in [2.45, 2.75) is 45.1 Å². The zero-order chi connectivity index (χ0) is 18.4. The number of unbranched alkanes of at least 4 members (excludes halogenated alkanes) is 1. The summed E-state index contributed by atoms with van der Waals surface area (Å²) in [5.41, 5.74) is 1.18. The molecule has 0 spiro atoms. The molecule has 0 aromatic heterocycles. The van der Waals surface area contributed by atoms with E-state index in [4.69, 9.17) is 9.47 Å². The number of carbonyl (C=O) groups is 1. The molecule has 1 aromatic rings. The number of likely N-dealkylation sites (tertiary alicyclic amines) is 1. The van der Waals surface area contributed by atoms with Gasteiger partial charge in [-0.15, -0.1) is 0 Å². The Balaban J connectivity index is 2.27. The molecule has 25 heavy (non-hydrogen) atoms. The van der Waals surface area contributed by atoms with Crippen LogP contribution >= 0.6 is 15.9 Å². The first kappa shape index (κ1) is 20.0. The van der Waals surface area contributed by atoms with E-state index in [2.05, 4.69) is 27.8 Å². The summed E-state index contributed by atoms with van der Waals surface area (Å²) in [5.74, 6) is 0.550. The molecule has 0 radical (unpaired) electrons. The van der Waals surface area contributed by atoms with Crippen LogP contribution < -0.4 is 9.47 Å². The molecule has 1 aliphatic heterocycles. The fourth-order valence-electron chi connectivity index (χ4n) is 3.52. The maximum absolute atomic E-state index is 11.2. The third kappa shape index (κ3) is 4.88. The number of benzene rings is 1. The van der Waals surface area contributed by atoms with E-state index >= 15 is 0 Å². The number of ether oxygens (including phenoxy) is 2. The average Bonchev–Trinajstić information content (AvgIpc) is 2.63. The van der Waals surface area contributed by atoms with Crippen molar-refractivity contribution < 1.29 is 19.4 Å². The highest BCUT2D eigenvalue weighted by atomic mass is 79.9. The molecular weight excluding hydrogens is 386 g/mol. The van der Waals surface area contributed by atoms with Crippen LogP contribution in [0.4, 0.5) is 0 Å². The molecule has 5 nitrogen and oxygen atoms in total. The van der Waals surface area contributed by atoms with Gasteiger partial charge in [-0.25, -0.2) is 0 Å². The Morgan fingerprint density at radius 3 is 2.40 bits per heavy atom. The van der Waals surface area contributed by atoms with E-state index in [0.29, 0.717) is 18.6 Å². The van der Waals surface area contributed by atoms with Crippen LogP contribution in [-0.2, 0) is 4.79 Å². The van der Waals surface area contributed by atoms with E-state index in [1.807, 2.05) is 12.1 Å². The first-order chi connectivity index (χ1) is 12.0. The molecule has 0 aliphatic carbocycles. The third-order valence-electron chi connectivity index (χ3n) is 5.01. The minimum atomic E-state index is -0.669. The van der Waals surface area contributed by atoms with Crippen LogP contribution in [0.2, 0.25) is 0 Å². The lowest BCUT2D eigenvalue weighted by Gasteiger charge is -2.37. The zero-order valence-electron chi connectivity index (χ0n) is 15.3. The summed E-state index contributed by atoms with van der Waals surface area (Å²) in [4.78, 5) is 13.6. The third-order valence-corrected chi connectivity index (χ3v) is 5.70. The lowest BCUT2D eigenvalue weighted by Crippen LogP contribution is -2.39. The number of piperidine rings is 1. The van der Waals surface area contributed by atoms with Crippen LogP contribution in [0.3, 0.4) is 0 Å². The molecule has 2 rings (SSSR count). The molecule has 1 heterocycles. The lowest BCUT2D eigenvalue weighted by atomic mass is 9.92. The molecule has 0 bridgehead atoms. The van der Waals surface area contributed by atoms with Crippen LogP contribution in [0.15, 0.2) is 16.6 Å². The fourth-order valence-corrected chi connectivity index (χ4v) is 4.10. The summed E-state index contributed by atoms with van der Waals surface area (Å²) in [6, 6.07) is 4.26. The van der Waals surface area contributed by atoms with Crippen molar-refractivity contribution in [2.75, 3.05) is 27.3 Å². The predicted molar refractivity (Wildman–Crippen MR) is 101 cm³/mol. The highest BCUT2D eigenvalue weighted by Crippen LogP contribution is 2.40. The molecular formula is C19H28BrNO4. The molecule has 6 heteroatoms. The normalized spacial score (nSPS) is 17.3. The van der Waals surface area contributed by atoms with Gasteiger partial charge in [-0.05, 0) is 50.0 Å². The average molecular weight is 414 g/mol. The number of methoxy groups -OCH3 is 2. The van der Waals surface area contributed by atoms with E-state index < -0.39 is 5.97 Å². The maximum atomic E-state index is 11.2. The Hall–Kier alpha value is -1.27. The largest absolute Gasteiger partial charge is 0.493 e. The molecule has 1 fully saturated rings. The summed E-state index contributed by atoms with van der Waals surface area (Å²) in [6.45, 7) is 3.82. The molecule has 1 unspecified atom stereocenters. The smallest absolute Gasteiger partial charge is 0.306 e. The number of halogens is 1. The van der Waals surface area contributed by atoms with Gasteiger partial charge in [0.25, 0.3) is 0 Å². The van der Waals surface area contributed by atoms with Crippen molar-refractivity contribution in [3.05, 3.63) is 22.2 Å². The summed E-state index contributed by atoms with van der Waals surface area (Å²) in [5, 5.41) is 9.24. The second-order valence-electron chi connectivity index (χ2n) is 6.54. The van der Waals surface area contributed by atoms with E-state index in [1.165, 1.54) is 5.56 Å². The first-order valence-corrected chi connectivity index (χ1v) is 9.69. The zero-order valence-corrected chi connectivity index (χ0v) is 16.8.